The molecule has 0 spiro atoms. The molecule has 0 N–H and O–H groups in total. The van der Waals surface area contributed by atoms with Crippen LogP contribution < -0.4 is 9.18 Å². The third-order valence-electron chi connectivity index (χ3n) is 8.75. The summed E-state index contributed by atoms with van der Waals surface area (Å²) < 4.78 is 46.1. The Bertz CT molecular complexity index is 877. The average Bonchev–Trinajstić information content (AvgIpc) is 3.16. The van der Waals surface area contributed by atoms with Gasteiger partial charge >= 0.3 is 15.2 Å². The number of hydrogen-bond donors (Lipinski definition) is 0. The van der Waals surface area contributed by atoms with E-state index >= 15 is 9.13 Å². The molecule has 8 nitrogen and oxygen atoms in total. The molecule has 5 rings (SSSR count). The van der Waals surface area contributed by atoms with Crippen LogP contribution in [0.25, 0.3) is 0 Å². The van der Waals surface area contributed by atoms with Gasteiger partial charge in [0, 0.05) is 24.2 Å². The first-order chi connectivity index (χ1) is 15.8. The number of ether oxygens (including phenoxy) is 1. The van der Waals surface area contributed by atoms with Crippen LogP contribution >= 0.6 is 15.2 Å². The van der Waals surface area contributed by atoms with Crippen molar-refractivity contribution < 1.29 is 13.9 Å². The van der Waals surface area contributed by atoms with Gasteiger partial charge in [-0.05, 0) is 78.1 Å². The van der Waals surface area contributed by atoms with Crippen LogP contribution in [0.5, 0.6) is 5.75 Å². The Morgan fingerprint density at radius 2 is 1.03 bits per heavy atom. The summed E-state index contributed by atoms with van der Waals surface area (Å²) in [5.74, 6) is 0.735. The molecule has 4 atom stereocenters. The van der Waals surface area contributed by atoms with Gasteiger partial charge in [0.2, 0.25) is 0 Å². The molecule has 0 amide bonds. The summed E-state index contributed by atoms with van der Waals surface area (Å²) in [6, 6.07) is 8.51. The first kappa shape index (κ1) is 23.8. The number of rotatable bonds is 4. The molecule has 2 saturated carbocycles. The highest BCUT2D eigenvalue weighted by Gasteiger charge is 2.64. The lowest BCUT2D eigenvalue weighted by Crippen LogP contribution is -2.37. The molecule has 1 aromatic rings. The molecular formula is C23H39N5O3P2. The molecule has 0 aromatic heterocycles. The fraction of sp³-hybridized carbons (Fsp3) is 0.739. The SMILES string of the molecule is COc1ccc(N(P2(=O)N(C)[C@@H]3CCCC[C@H]3N2C)P2(=O)N(C)[C@@H]3CCCC[C@H]3N2C)cc1. The molecular weight excluding hydrogens is 456 g/mol. The first-order valence-electron chi connectivity index (χ1n) is 12.3. The minimum absolute atomic E-state index is 0.224. The van der Waals surface area contributed by atoms with E-state index in [1.165, 1.54) is 0 Å². The molecule has 2 heterocycles. The molecule has 4 fully saturated rings. The number of nitrogens with zero attached hydrogens (tertiary/aromatic N) is 5. The summed E-state index contributed by atoms with van der Waals surface area (Å²) in [6.45, 7) is 0. The second-order valence-corrected chi connectivity index (χ2v) is 15.8. The number of hydrogen-bond acceptors (Lipinski definition) is 3. The van der Waals surface area contributed by atoms with Crippen LogP contribution in [-0.4, -0.2) is 78.1 Å². The summed E-state index contributed by atoms with van der Waals surface area (Å²) in [7, 11) is 2.90. The molecule has 184 valence electrons. The lowest BCUT2D eigenvalue weighted by Gasteiger charge is -2.45. The molecule has 2 aliphatic heterocycles. The average molecular weight is 496 g/mol. The number of anilines is 1. The van der Waals surface area contributed by atoms with Crippen molar-refractivity contribution in [3.8, 4) is 5.75 Å². The molecule has 0 bridgehead atoms. The summed E-state index contributed by atoms with van der Waals surface area (Å²) in [5, 5.41) is 0. The smallest absolute Gasteiger partial charge is 0.318 e. The van der Waals surface area contributed by atoms with Crippen LogP contribution in [0.2, 0.25) is 0 Å². The quantitative estimate of drug-likeness (QED) is 0.535. The van der Waals surface area contributed by atoms with Crippen LogP contribution in [-0.2, 0) is 9.13 Å². The van der Waals surface area contributed by atoms with E-state index in [1.807, 2.05) is 56.9 Å². The maximum atomic E-state index is 15.3. The predicted molar refractivity (Wildman–Crippen MR) is 134 cm³/mol. The van der Waals surface area contributed by atoms with E-state index in [1.54, 1.807) is 7.11 Å². The zero-order valence-corrected chi connectivity index (χ0v) is 22.4. The third-order valence-corrected chi connectivity index (χ3v) is 16.1. The number of fused-ring (bicyclic) bond motifs is 2. The van der Waals surface area contributed by atoms with Crippen LogP contribution in [0.15, 0.2) is 24.3 Å². The van der Waals surface area contributed by atoms with Crippen LogP contribution in [0.3, 0.4) is 0 Å². The maximum absolute atomic E-state index is 15.3. The van der Waals surface area contributed by atoms with E-state index < -0.39 is 15.2 Å². The molecule has 1 aromatic carbocycles. The van der Waals surface area contributed by atoms with Crippen molar-refractivity contribution in [1.29, 1.82) is 0 Å². The van der Waals surface area contributed by atoms with Crippen molar-refractivity contribution in [2.75, 3.05) is 39.7 Å². The van der Waals surface area contributed by atoms with E-state index in [2.05, 4.69) is 18.7 Å². The second kappa shape index (κ2) is 8.65. The van der Waals surface area contributed by atoms with Crippen molar-refractivity contribution in [3.63, 3.8) is 0 Å². The van der Waals surface area contributed by atoms with Gasteiger partial charge in [0.05, 0.1) is 12.8 Å². The summed E-state index contributed by atoms with van der Waals surface area (Å²) in [6.07, 6.45) is 8.76. The summed E-state index contributed by atoms with van der Waals surface area (Å²) in [4.78, 5) is 0. The predicted octanol–water partition coefficient (Wildman–Crippen LogP) is 5.09. The Morgan fingerprint density at radius 3 is 1.33 bits per heavy atom. The van der Waals surface area contributed by atoms with E-state index in [9.17, 15) is 0 Å². The molecule has 4 aliphatic rings. The normalized spacial score (nSPS) is 34.7. The van der Waals surface area contributed by atoms with Crippen molar-refractivity contribution >= 4 is 20.9 Å². The van der Waals surface area contributed by atoms with Gasteiger partial charge in [-0.25, -0.2) is 23.1 Å². The van der Waals surface area contributed by atoms with Crippen LogP contribution in [0, 0.1) is 0 Å². The molecule has 0 unspecified atom stereocenters. The molecule has 33 heavy (non-hydrogen) atoms. The number of likely N-dealkylation sites (N-methyl/N-ethyl adjacent to an activating group) is 4. The maximum Gasteiger partial charge on any atom is 0.318 e. The van der Waals surface area contributed by atoms with Gasteiger partial charge in [-0.15, -0.1) is 0 Å². The van der Waals surface area contributed by atoms with Gasteiger partial charge < -0.3 is 4.74 Å². The Morgan fingerprint density at radius 1 is 0.697 bits per heavy atom. The summed E-state index contributed by atoms with van der Waals surface area (Å²) >= 11 is 0. The van der Waals surface area contributed by atoms with Gasteiger partial charge in [0.1, 0.15) is 5.75 Å². The lowest BCUT2D eigenvalue weighted by atomic mass is 9.91. The van der Waals surface area contributed by atoms with E-state index in [4.69, 9.17) is 4.74 Å². The van der Waals surface area contributed by atoms with E-state index in [-0.39, 0.29) is 24.2 Å². The Hall–Kier alpha value is -0.880. The Balaban J connectivity index is 1.67. The molecule has 0 radical (unpaired) electrons. The van der Waals surface area contributed by atoms with Crippen molar-refractivity contribution in [2.45, 2.75) is 75.5 Å². The Kier molecular flexibility index (Phi) is 6.25. The van der Waals surface area contributed by atoms with Gasteiger partial charge in [-0.3, -0.25) is 9.13 Å². The van der Waals surface area contributed by atoms with Crippen LogP contribution in [0.1, 0.15) is 51.4 Å². The molecule has 2 aliphatic carbocycles. The fourth-order valence-corrected chi connectivity index (χ4v) is 15.0. The molecule has 10 heteroatoms. The standard InChI is InChI=1S/C23H39N5O3P2/c1-24-20-10-6-7-11-21(20)25(2)32(24,29)28(18-14-16-19(31-5)17-15-18)33(30)26(3)22-12-8-9-13-23(22)27(33)4/h14-17,20-23H,6-13H2,1-5H3/t20-,21-,22-,23-/m1/s1. The number of benzene rings is 1. The highest BCUT2D eigenvalue weighted by molar-refractivity contribution is 7.79. The monoisotopic (exact) mass is 495 g/mol. The van der Waals surface area contributed by atoms with Crippen molar-refractivity contribution in [2.24, 2.45) is 0 Å². The number of methoxy groups -OCH3 is 1. The summed E-state index contributed by atoms with van der Waals surface area (Å²) in [5.41, 5.74) is 0.733. The Labute approximate surface area is 198 Å². The molecule has 2 saturated heterocycles. The van der Waals surface area contributed by atoms with Gasteiger partial charge in [0.25, 0.3) is 0 Å². The topological polar surface area (TPSA) is 59.6 Å². The van der Waals surface area contributed by atoms with Gasteiger partial charge in [0.15, 0.2) is 0 Å². The van der Waals surface area contributed by atoms with E-state index in [0.29, 0.717) is 0 Å². The second-order valence-electron chi connectivity index (χ2n) is 10.1. The third kappa shape index (κ3) is 3.32. The highest BCUT2D eigenvalue weighted by atomic mass is 31.2. The minimum Gasteiger partial charge on any atom is -0.497 e. The van der Waals surface area contributed by atoms with Crippen molar-refractivity contribution in [3.05, 3.63) is 24.3 Å². The highest BCUT2D eigenvalue weighted by Crippen LogP contribution is 2.78. The largest absolute Gasteiger partial charge is 0.497 e. The zero-order valence-electron chi connectivity index (χ0n) is 20.6. The minimum atomic E-state index is -3.34. The fourth-order valence-electron chi connectivity index (χ4n) is 6.85. The van der Waals surface area contributed by atoms with Gasteiger partial charge in [-0.2, -0.15) is 0 Å². The first-order valence-corrected chi connectivity index (χ1v) is 15.5. The van der Waals surface area contributed by atoms with Crippen molar-refractivity contribution in [1.82, 2.24) is 18.7 Å². The van der Waals surface area contributed by atoms with Crippen LogP contribution in [0.4, 0.5) is 5.69 Å². The van der Waals surface area contributed by atoms with Gasteiger partial charge in [-0.1, -0.05) is 25.7 Å². The van der Waals surface area contributed by atoms with E-state index in [0.717, 1.165) is 62.8 Å². The zero-order chi connectivity index (χ0) is 23.5. The lowest BCUT2D eigenvalue weighted by molar-refractivity contribution is 0.233.